The lowest BCUT2D eigenvalue weighted by Crippen LogP contribution is -1.80. The summed E-state index contributed by atoms with van der Waals surface area (Å²) in [4.78, 5) is 0. The summed E-state index contributed by atoms with van der Waals surface area (Å²) < 4.78 is 0. The lowest BCUT2D eigenvalue weighted by atomic mass is 10.0. The fourth-order valence-corrected chi connectivity index (χ4v) is 2.17. The molecule has 0 aliphatic heterocycles. The van der Waals surface area contributed by atoms with Crippen LogP contribution in [0.1, 0.15) is 16.7 Å². The molecule has 0 heterocycles. The fourth-order valence-electron chi connectivity index (χ4n) is 2.17. The molecule has 67 valence electrons. The van der Waals surface area contributed by atoms with Crippen LogP contribution in [0, 0.1) is 6.92 Å². The summed E-state index contributed by atoms with van der Waals surface area (Å²) in [7, 11) is 0. The highest BCUT2D eigenvalue weighted by molar-refractivity contribution is 5.77. The first-order valence-corrected chi connectivity index (χ1v) is 4.88. The van der Waals surface area contributed by atoms with Gasteiger partial charge in [0, 0.05) is 0 Å². The molecular weight excluding hydrogens is 168 g/mol. The molecule has 0 amide bonds. The monoisotopic (exact) mass is 179 g/mol. The fraction of sp³-hybridized carbons (Fsp3) is 0.0714. The second-order valence-corrected chi connectivity index (χ2v) is 3.83. The molecule has 1 aliphatic carbocycles. The van der Waals surface area contributed by atoms with Gasteiger partial charge in [-0.1, -0.05) is 42.5 Å². The molecule has 0 nitrogen and oxygen atoms in total. The van der Waals surface area contributed by atoms with E-state index in [0.29, 0.717) is 0 Å². The third kappa shape index (κ3) is 1.00. The van der Waals surface area contributed by atoms with Crippen LogP contribution in [0.4, 0.5) is 0 Å². The lowest BCUT2D eigenvalue weighted by Gasteiger charge is -2.01. The van der Waals surface area contributed by atoms with E-state index >= 15 is 0 Å². The molecule has 0 spiro atoms. The Hall–Kier alpha value is -1.56. The smallest absolute Gasteiger partial charge is 0.00135 e. The van der Waals surface area contributed by atoms with Crippen molar-refractivity contribution in [2.45, 2.75) is 6.42 Å². The van der Waals surface area contributed by atoms with Crippen LogP contribution in [0.15, 0.2) is 42.5 Å². The predicted molar refractivity (Wildman–Crippen MR) is 59.1 cm³/mol. The van der Waals surface area contributed by atoms with Crippen molar-refractivity contribution in [1.29, 1.82) is 0 Å². The van der Waals surface area contributed by atoms with Gasteiger partial charge in [0.1, 0.15) is 0 Å². The van der Waals surface area contributed by atoms with Crippen molar-refractivity contribution in [2.24, 2.45) is 0 Å². The van der Waals surface area contributed by atoms with E-state index in [1.807, 2.05) is 0 Å². The van der Waals surface area contributed by atoms with Crippen molar-refractivity contribution in [1.82, 2.24) is 0 Å². The number of hydrogen-bond acceptors (Lipinski definition) is 0. The quantitative estimate of drug-likeness (QED) is 0.496. The molecule has 0 fully saturated rings. The second kappa shape index (κ2) is 2.71. The lowest BCUT2D eigenvalue weighted by molar-refractivity contribution is 1.26. The number of hydrogen-bond donors (Lipinski definition) is 0. The average Bonchev–Trinajstić information content (AvgIpc) is 2.56. The largest absolute Gasteiger partial charge is 0.0619 e. The van der Waals surface area contributed by atoms with E-state index in [9.17, 15) is 0 Å². The van der Waals surface area contributed by atoms with Crippen molar-refractivity contribution >= 4 is 0 Å². The summed E-state index contributed by atoms with van der Waals surface area (Å²) in [6.07, 6.45) is 1.08. The van der Waals surface area contributed by atoms with E-state index in [1.165, 1.54) is 22.3 Å². The highest BCUT2D eigenvalue weighted by Gasteiger charge is 2.16. The maximum absolute atomic E-state index is 3.97. The first-order chi connectivity index (χ1) is 6.84. The third-order valence-corrected chi connectivity index (χ3v) is 2.86. The number of fused-ring (bicyclic) bond motifs is 3. The second-order valence-electron chi connectivity index (χ2n) is 3.83. The van der Waals surface area contributed by atoms with Crippen molar-refractivity contribution in [3.05, 3.63) is 66.1 Å². The molecule has 14 heavy (non-hydrogen) atoms. The van der Waals surface area contributed by atoms with Gasteiger partial charge in [-0.3, -0.25) is 0 Å². The standard InChI is InChI=1S/C14H11/c1-10-6-7-12-9-11-4-2-3-5-13(11)14(12)8-10/h2-8H,1,9H2. The SMILES string of the molecule is [CH2]c1ccc2c(c1)-c1ccccc1C2. The van der Waals surface area contributed by atoms with E-state index in [4.69, 9.17) is 0 Å². The van der Waals surface area contributed by atoms with Gasteiger partial charge >= 0.3 is 0 Å². The zero-order valence-corrected chi connectivity index (χ0v) is 7.96. The molecule has 0 atom stereocenters. The topological polar surface area (TPSA) is 0 Å². The van der Waals surface area contributed by atoms with Crippen LogP contribution in [0.3, 0.4) is 0 Å². The highest BCUT2D eigenvalue weighted by atomic mass is 14.2. The van der Waals surface area contributed by atoms with Gasteiger partial charge in [-0.15, -0.1) is 0 Å². The molecule has 1 radical (unpaired) electrons. The summed E-state index contributed by atoms with van der Waals surface area (Å²) in [5.74, 6) is 0. The Bertz CT molecular complexity index is 495. The molecule has 1 aliphatic rings. The molecule has 0 unspecified atom stereocenters. The Morgan fingerprint density at radius 1 is 0.857 bits per heavy atom. The molecule has 0 aromatic heterocycles. The van der Waals surface area contributed by atoms with Gasteiger partial charge in [0.2, 0.25) is 0 Å². The molecule has 0 saturated heterocycles. The molecule has 0 bridgehead atoms. The van der Waals surface area contributed by atoms with Crippen LogP contribution in [0.25, 0.3) is 11.1 Å². The van der Waals surface area contributed by atoms with E-state index in [0.717, 1.165) is 12.0 Å². The summed E-state index contributed by atoms with van der Waals surface area (Å²) in [6.45, 7) is 3.97. The van der Waals surface area contributed by atoms with Crippen LogP contribution in [-0.4, -0.2) is 0 Å². The van der Waals surface area contributed by atoms with Crippen LogP contribution in [0.5, 0.6) is 0 Å². The first-order valence-electron chi connectivity index (χ1n) is 4.88. The molecule has 3 rings (SSSR count). The summed E-state index contributed by atoms with van der Waals surface area (Å²) in [5.41, 5.74) is 6.72. The third-order valence-electron chi connectivity index (χ3n) is 2.86. The van der Waals surface area contributed by atoms with Gasteiger partial charge in [-0.05, 0) is 41.2 Å². The normalized spacial score (nSPS) is 12.4. The van der Waals surface area contributed by atoms with E-state index in [-0.39, 0.29) is 0 Å². The van der Waals surface area contributed by atoms with E-state index in [1.54, 1.807) is 0 Å². The first kappa shape index (κ1) is 7.81. The van der Waals surface area contributed by atoms with Gasteiger partial charge in [0.25, 0.3) is 0 Å². The Kier molecular flexibility index (Phi) is 1.51. The summed E-state index contributed by atoms with van der Waals surface area (Å²) in [6, 6.07) is 15.1. The molecule has 0 saturated carbocycles. The molecule has 2 aromatic rings. The molecule has 2 aromatic carbocycles. The minimum Gasteiger partial charge on any atom is -0.0619 e. The van der Waals surface area contributed by atoms with Crippen LogP contribution in [-0.2, 0) is 6.42 Å². The maximum Gasteiger partial charge on any atom is -0.00135 e. The summed E-state index contributed by atoms with van der Waals surface area (Å²) >= 11 is 0. The van der Waals surface area contributed by atoms with Gasteiger partial charge in [0.05, 0.1) is 0 Å². The van der Waals surface area contributed by atoms with Crippen molar-refractivity contribution < 1.29 is 0 Å². The number of rotatable bonds is 0. The van der Waals surface area contributed by atoms with E-state index in [2.05, 4.69) is 49.4 Å². The Labute approximate surface area is 84.2 Å². The zero-order chi connectivity index (χ0) is 9.54. The van der Waals surface area contributed by atoms with E-state index < -0.39 is 0 Å². The maximum atomic E-state index is 3.97. The molecule has 0 heteroatoms. The Balaban J connectivity index is 2.30. The van der Waals surface area contributed by atoms with Crippen LogP contribution >= 0.6 is 0 Å². The van der Waals surface area contributed by atoms with Crippen LogP contribution < -0.4 is 0 Å². The summed E-state index contributed by atoms with van der Waals surface area (Å²) in [5, 5.41) is 0. The Morgan fingerprint density at radius 2 is 1.64 bits per heavy atom. The van der Waals surface area contributed by atoms with Gasteiger partial charge in [-0.2, -0.15) is 0 Å². The minimum absolute atomic E-state index is 1.08. The predicted octanol–water partition coefficient (Wildman–Crippen LogP) is 3.44. The molecule has 0 N–H and O–H groups in total. The van der Waals surface area contributed by atoms with Gasteiger partial charge in [-0.25, -0.2) is 0 Å². The molecular formula is C14H11. The van der Waals surface area contributed by atoms with Crippen LogP contribution in [0.2, 0.25) is 0 Å². The average molecular weight is 179 g/mol. The van der Waals surface area contributed by atoms with Crippen molar-refractivity contribution in [3.8, 4) is 11.1 Å². The highest BCUT2D eigenvalue weighted by Crippen LogP contribution is 2.36. The van der Waals surface area contributed by atoms with Crippen molar-refractivity contribution in [3.63, 3.8) is 0 Å². The zero-order valence-electron chi connectivity index (χ0n) is 7.96. The minimum atomic E-state index is 1.08. The van der Waals surface area contributed by atoms with Crippen molar-refractivity contribution in [2.75, 3.05) is 0 Å². The Morgan fingerprint density at radius 3 is 2.57 bits per heavy atom. The number of benzene rings is 2. The van der Waals surface area contributed by atoms with Gasteiger partial charge < -0.3 is 0 Å². The van der Waals surface area contributed by atoms with Gasteiger partial charge in [0.15, 0.2) is 0 Å².